The largest absolute Gasteiger partial charge is 0.313 e. The van der Waals surface area contributed by atoms with E-state index in [-0.39, 0.29) is 17.7 Å². The quantitative estimate of drug-likeness (QED) is 0.880. The summed E-state index contributed by atoms with van der Waals surface area (Å²) >= 11 is 5.89. The van der Waals surface area contributed by atoms with Gasteiger partial charge in [-0.05, 0) is 61.3 Å². The van der Waals surface area contributed by atoms with Gasteiger partial charge in [0.25, 0.3) is 0 Å². The van der Waals surface area contributed by atoms with Crippen LogP contribution in [0.2, 0.25) is 5.02 Å². The molecule has 0 aliphatic carbocycles. The lowest BCUT2D eigenvalue weighted by Crippen LogP contribution is -2.19. The summed E-state index contributed by atoms with van der Waals surface area (Å²) in [6.45, 7) is 1.71. The molecule has 0 saturated heterocycles. The zero-order chi connectivity index (χ0) is 14.7. The predicted octanol–water partition coefficient (Wildman–Crippen LogP) is 4.43. The average molecular weight is 296 g/mol. The third kappa shape index (κ3) is 3.35. The number of benzene rings is 2. The van der Waals surface area contributed by atoms with Crippen molar-refractivity contribution in [3.63, 3.8) is 0 Å². The number of likely N-dealkylation sites (N-methyl/N-ethyl adjacent to an activating group) is 1. The van der Waals surface area contributed by atoms with Crippen LogP contribution in [0.25, 0.3) is 0 Å². The van der Waals surface area contributed by atoms with Crippen molar-refractivity contribution in [2.75, 3.05) is 7.05 Å². The smallest absolute Gasteiger partial charge is 0.126 e. The molecule has 0 saturated carbocycles. The van der Waals surface area contributed by atoms with Crippen LogP contribution in [0, 0.1) is 18.6 Å². The molecule has 20 heavy (non-hydrogen) atoms. The van der Waals surface area contributed by atoms with Gasteiger partial charge in [0.15, 0.2) is 0 Å². The van der Waals surface area contributed by atoms with Crippen molar-refractivity contribution in [2.45, 2.75) is 19.4 Å². The lowest BCUT2D eigenvalue weighted by Gasteiger charge is -2.18. The first-order valence-electron chi connectivity index (χ1n) is 6.38. The van der Waals surface area contributed by atoms with Gasteiger partial charge in [-0.15, -0.1) is 0 Å². The van der Waals surface area contributed by atoms with Gasteiger partial charge < -0.3 is 5.32 Å². The Balaban J connectivity index is 2.28. The molecule has 1 atom stereocenters. The standard InChI is InChI=1S/C16H16ClF2N/c1-10-3-4-11(8-15(10)19)16(20-2)9-12-7-13(17)5-6-14(12)18/h3-8,16,20H,9H2,1-2H3. The molecule has 0 spiro atoms. The highest BCUT2D eigenvalue weighted by Crippen LogP contribution is 2.23. The van der Waals surface area contributed by atoms with Crippen LogP contribution in [0.1, 0.15) is 22.7 Å². The van der Waals surface area contributed by atoms with Crippen molar-refractivity contribution in [1.29, 1.82) is 0 Å². The minimum Gasteiger partial charge on any atom is -0.313 e. The zero-order valence-corrected chi connectivity index (χ0v) is 12.1. The van der Waals surface area contributed by atoms with Crippen LogP contribution in [0.15, 0.2) is 36.4 Å². The fourth-order valence-electron chi connectivity index (χ4n) is 2.13. The van der Waals surface area contributed by atoms with Crippen molar-refractivity contribution in [3.05, 3.63) is 69.7 Å². The number of hydrogen-bond donors (Lipinski definition) is 1. The van der Waals surface area contributed by atoms with Gasteiger partial charge in [-0.1, -0.05) is 23.7 Å². The molecular weight excluding hydrogens is 280 g/mol. The fourth-order valence-corrected chi connectivity index (χ4v) is 2.33. The van der Waals surface area contributed by atoms with Crippen LogP contribution in [-0.2, 0) is 6.42 Å². The molecule has 0 aliphatic heterocycles. The molecule has 0 aliphatic rings. The van der Waals surface area contributed by atoms with Crippen molar-refractivity contribution < 1.29 is 8.78 Å². The van der Waals surface area contributed by atoms with Crippen LogP contribution in [0.5, 0.6) is 0 Å². The van der Waals surface area contributed by atoms with Crippen LogP contribution in [0.3, 0.4) is 0 Å². The summed E-state index contributed by atoms with van der Waals surface area (Å²) in [5.74, 6) is -0.559. The van der Waals surface area contributed by atoms with E-state index in [1.165, 1.54) is 18.2 Å². The molecule has 1 unspecified atom stereocenters. The van der Waals surface area contributed by atoms with Crippen molar-refractivity contribution in [3.8, 4) is 0 Å². The predicted molar refractivity (Wildman–Crippen MR) is 78.1 cm³/mol. The summed E-state index contributed by atoms with van der Waals surface area (Å²) in [5.41, 5.74) is 1.89. The van der Waals surface area contributed by atoms with Gasteiger partial charge in [0, 0.05) is 11.1 Å². The first-order valence-corrected chi connectivity index (χ1v) is 6.76. The second kappa shape index (κ2) is 6.33. The van der Waals surface area contributed by atoms with E-state index in [2.05, 4.69) is 5.32 Å². The molecule has 2 aromatic rings. The molecule has 4 heteroatoms. The van der Waals surface area contributed by atoms with Gasteiger partial charge in [-0.3, -0.25) is 0 Å². The Labute approximate surface area is 122 Å². The number of aryl methyl sites for hydroxylation is 1. The molecule has 1 nitrogen and oxygen atoms in total. The van der Waals surface area contributed by atoms with Crippen LogP contribution in [0.4, 0.5) is 8.78 Å². The molecule has 0 radical (unpaired) electrons. The van der Waals surface area contributed by atoms with E-state index in [4.69, 9.17) is 11.6 Å². The number of rotatable bonds is 4. The molecule has 1 N–H and O–H groups in total. The van der Waals surface area contributed by atoms with Gasteiger partial charge in [0.1, 0.15) is 11.6 Å². The summed E-state index contributed by atoms with van der Waals surface area (Å²) in [6, 6.07) is 9.36. The molecule has 0 aromatic heterocycles. The Bertz CT molecular complexity index is 613. The second-order valence-corrected chi connectivity index (χ2v) is 5.23. The van der Waals surface area contributed by atoms with E-state index < -0.39 is 0 Å². The molecule has 2 aromatic carbocycles. The highest BCUT2D eigenvalue weighted by atomic mass is 35.5. The van der Waals surface area contributed by atoms with Gasteiger partial charge in [-0.25, -0.2) is 8.78 Å². The summed E-state index contributed by atoms with van der Waals surface area (Å²) in [6.07, 6.45) is 0.408. The molecule has 0 bridgehead atoms. The van der Waals surface area contributed by atoms with Crippen LogP contribution >= 0.6 is 11.6 Å². The monoisotopic (exact) mass is 295 g/mol. The van der Waals surface area contributed by atoms with E-state index >= 15 is 0 Å². The lowest BCUT2D eigenvalue weighted by atomic mass is 9.97. The first kappa shape index (κ1) is 14.9. The van der Waals surface area contributed by atoms with E-state index in [1.807, 2.05) is 6.07 Å². The Morgan fingerprint density at radius 3 is 2.50 bits per heavy atom. The number of hydrogen-bond acceptors (Lipinski definition) is 1. The Kier molecular flexibility index (Phi) is 4.73. The van der Waals surface area contributed by atoms with E-state index in [1.54, 1.807) is 26.1 Å². The van der Waals surface area contributed by atoms with Gasteiger partial charge in [0.2, 0.25) is 0 Å². The maximum absolute atomic E-state index is 13.8. The third-order valence-corrected chi connectivity index (χ3v) is 3.61. The molecule has 0 heterocycles. The van der Waals surface area contributed by atoms with Gasteiger partial charge >= 0.3 is 0 Å². The van der Waals surface area contributed by atoms with Crippen molar-refractivity contribution >= 4 is 11.6 Å². The SMILES string of the molecule is CNC(Cc1cc(Cl)ccc1F)c1ccc(C)c(F)c1. The molecule has 2 rings (SSSR count). The van der Waals surface area contributed by atoms with E-state index in [0.717, 1.165) is 5.56 Å². The Morgan fingerprint density at radius 1 is 1.10 bits per heavy atom. The van der Waals surface area contributed by atoms with E-state index in [9.17, 15) is 8.78 Å². The topological polar surface area (TPSA) is 12.0 Å². The van der Waals surface area contributed by atoms with Crippen molar-refractivity contribution in [1.82, 2.24) is 5.32 Å². The second-order valence-electron chi connectivity index (χ2n) is 4.79. The average Bonchev–Trinajstić information content (AvgIpc) is 2.43. The molecule has 0 amide bonds. The van der Waals surface area contributed by atoms with Gasteiger partial charge in [-0.2, -0.15) is 0 Å². The Hall–Kier alpha value is -1.45. The maximum Gasteiger partial charge on any atom is 0.126 e. The Morgan fingerprint density at radius 2 is 1.85 bits per heavy atom. The van der Waals surface area contributed by atoms with Crippen molar-refractivity contribution in [2.24, 2.45) is 0 Å². The molecule has 0 fully saturated rings. The highest BCUT2D eigenvalue weighted by Gasteiger charge is 2.14. The molecule has 106 valence electrons. The fraction of sp³-hybridized carbons (Fsp3) is 0.250. The minimum absolute atomic E-state index is 0.168. The summed E-state index contributed by atoms with van der Waals surface area (Å²) in [7, 11) is 1.77. The van der Waals surface area contributed by atoms with E-state index in [0.29, 0.717) is 22.6 Å². The van der Waals surface area contributed by atoms with Gasteiger partial charge in [0.05, 0.1) is 0 Å². The highest BCUT2D eigenvalue weighted by molar-refractivity contribution is 6.30. The first-order chi connectivity index (χ1) is 9.51. The van der Waals surface area contributed by atoms with Crippen LogP contribution in [-0.4, -0.2) is 7.05 Å². The normalized spacial score (nSPS) is 12.4. The zero-order valence-electron chi connectivity index (χ0n) is 11.4. The summed E-state index contributed by atoms with van der Waals surface area (Å²) in [4.78, 5) is 0. The maximum atomic E-state index is 13.8. The third-order valence-electron chi connectivity index (χ3n) is 3.38. The number of nitrogens with one attached hydrogen (secondary N) is 1. The molecular formula is C16H16ClF2N. The minimum atomic E-state index is -0.303. The lowest BCUT2D eigenvalue weighted by molar-refractivity contribution is 0.548. The summed E-state index contributed by atoms with van der Waals surface area (Å²) in [5, 5.41) is 3.58. The number of halogens is 3. The summed E-state index contributed by atoms with van der Waals surface area (Å²) < 4.78 is 27.4. The van der Waals surface area contributed by atoms with Crippen LogP contribution < -0.4 is 5.32 Å².